The molecule has 96 valence electrons. The lowest BCUT2D eigenvalue weighted by Gasteiger charge is -2.39. The van der Waals surface area contributed by atoms with E-state index in [1.165, 1.54) is 32.1 Å². The first-order chi connectivity index (χ1) is 8.36. The van der Waals surface area contributed by atoms with Crippen molar-refractivity contribution >= 4 is 0 Å². The molecule has 0 amide bonds. The van der Waals surface area contributed by atoms with Crippen molar-refractivity contribution in [1.82, 2.24) is 0 Å². The van der Waals surface area contributed by atoms with Crippen molar-refractivity contribution in [2.75, 3.05) is 6.61 Å². The zero-order valence-electron chi connectivity index (χ0n) is 10.9. The Balaban J connectivity index is 1.55. The van der Waals surface area contributed by atoms with Crippen molar-refractivity contribution in [3.63, 3.8) is 0 Å². The maximum Gasteiger partial charge on any atom is 0.0433 e. The van der Waals surface area contributed by atoms with Gasteiger partial charge in [-0.2, -0.15) is 0 Å². The summed E-state index contributed by atoms with van der Waals surface area (Å²) < 4.78 is 0. The summed E-state index contributed by atoms with van der Waals surface area (Å²) in [5.74, 6) is 7.24. The van der Waals surface area contributed by atoms with Gasteiger partial charge in [-0.05, 0) is 86.4 Å². The third-order valence-corrected chi connectivity index (χ3v) is 6.91. The van der Waals surface area contributed by atoms with Gasteiger partial charge < -0.3 is 5.11 Å². The van der Waals surface area contributed by atoms with Gasteiger partial charge in [-0.15, -0.1) is 0 Å². The highest BCUT2D eigenvalue weighted by atomic mass is 16.3. The predicted molar refractivity (Wildman–Crippen MR) is 68.5 cm³/mol. The average molecular weight is 234 g/mol. The minimum Gasteiger partial charge on any atom is -0.396 e. The molecule has 17 heavy (non-hydrogen) atoms. The van der Waals surface area contributed by atoms with Crippen LogP contribution in [0.5, 0.6) is 0 Å². The summed E-state index contributed by atoms with van der Waals surface area (Å²) in [6, 6.07) is 0. The van der Waals surface area contributed by atoms with Gasteiger partial charge in [0.15, 0.2) is 0 Å². The molecule has 0 aromatic heterocycles. The van der Waals surface area contributed by atoms with Crippen molar-refractivity contribution in [1.29, 1.82) is 0 Å². The Morgan fingerprint density at radius 3 is 2.35 bits per heavy atom. The fourth-order valence-electron chi connectivity index (χ4n) is 6.46. The van der Waals surface area contributed by atoms with E-state index in [1.54, 1.807) is 12.8 Å². The molecular formula is C16H26O. The summed E-state index contributed by atoms with van der Waals surface area (Å²) >= 11 is 0. The third-order valence-electron chi connectivity index (χ3n) is 6.91. The topological polar surface area (TPSA) is 20.2 Å². The second kappa shape index (κ2) is 3.98. The summed E-state index contributed by atoms with van der Waals surface area (Å²) in [6.45, 7) is 0.436. The number of aliphatic hydroxyl groups is 1. The van der Waals surface area contributed by atoms with Gasteiger partial charge in [0.2, 0.25) is 0 Å². The average Bonchev–Trinajstić information content (AvgIpc) is 3.08. The van der Waals surface area contributed by atoms with Gasteiger partial charge in [0.1, 0.15) is 0 Å². The van der Waals surface area contributed by atoms with E-state index in [4.69, 9.17) is 0 Å². The van der Waals surface area contributed by atoms with E-state index in [2.05, 4.69) is 0 Å². The molecule has 4 saturated carbocycles. The lowest BCUT2D eigenvalue weighted by atomic mass is 9.66. The van der Waals surface area contributed by atoms with Crippen LogP contribution in [0.2, 0.25) is 0 Å². The molecule has 0 saturated heterocycles. The number of aliphatic hydroxyl groups excluding tert-OH is 1. The Morgan fingerprint density at radius 1 is 0.824 bits per heavy atom. The van der Waals surface area contributed by atoms with E-state index >= 15 is 0 Å². The van der Waals surface area contributed by atoms with Crippen molar-refractivity contribution < 1.29 is 5.11 Å². The molecule has 7 atom stereocenters. The van der Waals surface area contributed by atoms with Crippen LogP contribution in [-0.4, -0.2) is 11.7 Å². The molecule has 0 heterocycles. The Bertz CT molecular complexity index is 300. The van der Waals surface area contributed by atoms with Crippen molar-refractivity contribution in [2.24, 2.45) is 41.4 Å². The highest BCUT2D eigenvalue weighted by Crippen LogP contribution is 2.62. The molecular weight excluding hydrogens is 208 g/mol. The van der Waals surface area contributed by atoms with Crippen molar-refractivity contribution in [3.8, 4) is 0 Å². The molecule has 0 aromatic rings. The molecule has 0 aliphatic heterocycles. The smallest absolute Gasteiger partial charge is 0.0433 e. The Kier molecular flexibility index (Phi) is 2.54. The number of hydrogen-bond acceptors (Lipinski definition) is 1. The molecule has 4 rings (SSSR count). The molecule has 4 aliphatic rings. The van der Waals surface area contributed by atoms with Gasteiger partial charge in [0.25, 0.3) is 0 Å². The quantitative estimate of drug-likeness (QED) is 0.793. The molecule has 1 nitrogen and oxygen atoms in total. The second-order valence-electron chi connectivity index (χ2n) is 7.43. The molecule has 4 fully saturated rings. The highest BCUT2D eigenvalue weighted by Gasteiger charge is 2.54. The van der Waals surface area contributed by atoms with Crippen LogP contribution in [0.15, 0.2) is 0 Å². The standard InChI is InChI=1S/C16H26O/c17-6-5-14-12-3-4-13(9-12)16(14)15-8-10-1-2-11(15)7-10/h10-17H,1-9H2. The van der Waals surface area contributed by atoms with E-state index in [0.29, 0.717) is 6.61 Å². The number of hydrogen-bond donors (Lipinski definition) is 1. The van der Waals surface area contributed by atoms with E-state index in [0.717, 1.165) is 47.8 Å². The van der Waals surface area contributed by atoms with Crippen LogP contribution in [-0.2, 0) is 0 Å². The van der Waals surface area contributed by atoms with Crippen LogP contribution in [0.25, 0.3) is 0 Å². The monoisotopic (exact) mass is 234 g/mol. The van der Waals surface area contributed by atoms with Crippen molar-refractivity contribution in [3.05, 3.63) is 0 Å². The Labute approximate surface area is 105 Å². The summed E-state index contributed by atoms with van der Waals surface area (Å²) in [4.78, 5) is 0. The molecule has 1 heteroatoms. The van der Waals surface area contributed by atoms with Gasteiger partial charge in [-0.25, -0.2) is 0 Å². The summed E-state index contributed by atoms with van der Waals surface area (Å²) in [5, 5.41) is 9.35. The van der Waals surface area contributed by atoms with Gasteiger partial charge in [0, 0.05) is 6.61 Å². The maximum atomic E-state index is 9.35. The first-order valence-electron chi connectivity index (χ1n) is 7.97. The van der Waals surface area contributed by atoms with Crippen LogP contribution in [0, 0.1) is 41.4 Å². The van der Waals surface area contributed by atoms with Crippen LogP contribution in [0.3, 0.4) is 0 Å². The van der Waals surface area contributed by atoms with Gasteiger partial charge in [0.05, 0.1) is 0 Å². The van der Waals surface area contributed by atoms with E-state index in [1.807, 2.05) is 0 Å². The van der Waals surface area contributed by atoms with E-state index in [-0.39, 0.29) is 0 Å². The van der Waals surface area contributed by atoms with E-state index in [9.17, 15) is 5.11 Å². The minimum atomic E-state index is 0.436. The van der Waals surface area contributed by atoms with Gasteiger partial charge >= 0.3 is 0 Å². The SMILES string of the molecule is OCCC1C2CCC(C2)C1C1CC2CCC1C2. The third kappa shape index (κ3) is 1.54. The maximum absolute atomic E-state index is 9.35. The Hall–Kier alpha value is -0.0400. The van der Waals surface area contributed by atoms with Gasteiger partial charge in [-0.1, -0.05) is 6.42 Å². The minimum absolute atomic E-state index is 0.436. The number of rotatable bonds is 3. The Morgan fingerprint density at radius 2 is 1.65 bits per heavy atom. The van der Waals surface area contributed by atoms with Crippen molar-refractivity contribution in [2.45, 2.75) is 51.4 Å². The fraction of sp³-hybridized carbons (Fsp3) is 1.00. The first kappa shape index (κ1) is 10.8. The molecule has 0 aromatic carbocycles. The summed E-state index contributed by atoms with van der Waals surface area (Å²) in [7, 11) is 0. The lowest BCUT2D eigenvalue weighted by Crippen LogP contribution is -2.32. The largest absolute Gasteiger partial charge is 0.396 e. The highest BCUT2D eigenvalue weighted by molar-refractivity contribution is 5.03. The normalized spacial score (nSPS) is 55.9. The molecule has 7 unspecified atom stereocenters. The van der Waals surface area contributed by atoms with E-state index < -0.39 is 0 Å². The predicted octanol–water partition coefficient (Wildman–Crippen LogP) is 3.47. The zero-order chi connectivity index (χ0) is 11.4. The lowest BCUT2D eigenvalue weighted by molar-refractivity contribution is 0.0861. The molecule has 0 spiro atoms. The molecule has 4 bridgehead atoms. The molecule has 4 aliphatic carbocycles. The molecule has 1 N–H and O–H groups in total. The summed E-state index contributed by atoms with van der Waals surface area (Å²) in [5.41, 5.74) is 0. The fourth-order valence-corrected chi connectivity index (χ4v) is 6.46. The van der Waals surface area contributed by atoms with Crippen LogP contribution >= 0.6 is 0 Å². The summed E-state index contributed by atoms with van der Waals surface area (Å²) in [6.07, 6.45) is 11.8. The van der Waals surface area contributed by atoms with Crippen LogP contribution in [0.1, 0.15) is 51.4 Å². The number of fused-ring (bicyclic) bond motifs is 4. The molecule has 0 radical (unpaired) electrons. The van der Waals surface area contributed by atoms with Crippen LogP contribution < -0.4 is 0 Å². The zero-order valence-corrected chi connectivity index (χ0v) is 10.9. The first-order valence-corrected chi connectivity index (χ1v) is 7.97. The second-order valence-corrected chi connectivity index (χ2v) is 7.43. The van der Waals surface area contributed by atoms with Gasteiger partial charge in [-0.3, -0.25) is 0 Å². The van der Waals surface area contributed by atoms with Crippen LogP contribution in [0.4, 0.5) is 0 Å².